The number of hydrogen-bond donors (Lipinski definition) is 1. The number of thiophene rings is 1. The van der Waals surface area contributed by atoms with Crippen LogP contribution in [-0.4, -0.2) is 11.4 Å². The second-order valence-corrected chi connectivity index (χ2v) is 6.69. The number of rotatable bonds is 2. The van der Waals surface area contributed by atoms with E-state index in [4.69, 9.17) is 0 Å². The van der Waals surface area contributed by atoms with Gasteiger partial charge >= 0.3 is 0 Å². The second kappa shape index (κ2) is 4.38. The zero-order chi connectivity index (χ0) is 10.1. The van der Waals surface area contributed by atoms with E-state index >= 15 is 0 Å². The van der Waals surface area contributed by atoms with Crippen LogP contribution in [0.25, 0.3) is 10.1 Å². The van der Waals surface area contributed by atoms with Gasteiger partial charge in [0, 0.05) is 15.0 Å². The molecule has 0 fully saturated rings. The van der Waals surface area contributed by atoms with Gasteiger partial charge in [-0.3, -0.25) is 0 Å². The molecule has 4 heteroatoms. The first-order valence-electron chi connectivity index (χ1n) is 4.12. The van der Waals surface area contributed by atoms with E-state index in [-0.39, 0.29) is 6.61 Å². The molecule has 2 aromatic rings. The van der Waals surface area contributed by atoms with E-state index in [2.05, 4.69) is 40.8 Å². The number of benzene rings is 1. The van der Waals surface area contributed by atoms with Crippen molar-refractivity contribution in [2.45, 2.75) is 11.5 Å². The zero-order valence-electron chi connectivity index (χ0n) is 7.58. The lowest BCUT2D eigenvalue weighted by Gasteiger charge is -2.05. The molecule has 0 aliphatic rings. The molecule has 0 saturated carbocycles. The first-order chi connectivity index (χ1) is 6.76. The number of hydrogen-bond acceptors (Lipinski definition) is 3. The highest BCUT2D eigenvalue weighted by Gasteiger charge is 2.08. The van der Waals surface area contributed by atoms with E-state index in [0.29, 0.717) is 0 Å². The molecule has 0 saturated heterocycles. The number of thioether (sulfide) groups is 1. The molecule has 0 aliphatic carbocycles. The molecule has 2 rings (SSSR count). The Balaban J connectivity index is 2.75. The Morgan fingerprint density at radius 1 is 1.50 bits per heavy atom. The van der Waals surface area contributed by atoms with Crippen LogP contribution in [0.1, 0.15) is 5.56 Å². The fourth-order valence-corrected chi connectivity index (χ4v) is 3.94. The predicted octanol–water partition coefficient (Wildman–Crippen LogP) is 3.72. The van der Waals surface area contributed by atoms with E-state index in [1.165, 1.54) is 17.9 Å². The third-order valence-corrected chi connectivity index (χ3v) is 4.80. The van der Waals surface area contributed by atoms with E-state index in [1.54, 1.807) is 23.1 Å². The van der Waals surface area contributed by atoms with Crippen molar-refractivity contribution in [1.82, 2.24) is 0 Å². The van der Waals surface area contributed by atoms with Gasteiger partial charge in [-0.15, -0.1) is 23.1 Å². The van der Waals surface area contributed by atoms with Crippen LogP contribution < -0.4 is 0 Å². The number of fused-ring (bicyclic) bond motifs is 1. The van der Waals surface area contributed by atoms with Crippen LogP contribution in [0.5, 0.6) is 0 Å². The average Bonchev–Trinajstić information content (AvgIpc) is 2.56. The maximum Gasteiger partial charge on any atom is 0.0699 e. The quantitative estimate of drug-likeness (QED) is 0.666. The predicted molar refractivity (Wildman–Crippen MR) is 72.2 cm³/mol. The molecule has 1 heterocycles. The monoisotopic (exact) mass is 336 g/mol. The highest BCUT2D eigenvalue weighted by Crippen LogP contribution is 2.34. The normalized spacial score (nSPS) is 11.1. The Kier molecular flexibility index (Phi) is 3.36. The summed E-state index contributed by atoms with van der Waals surface area (Å²) in [4.78, 5) is 1.18. The van der Waals surface area contributed by atoms with Crippen LogP contribution in [0.4, 0.5) is 0 Å². The molecule has 0 bridgehead atoms. The molecule has 74 valence electrons. The van der Waals surface area contributed by atoms with Crippen molar-refractivity contribution in [2.75, 3.05) is 6.26 Å². The summed E-state index contributed by atoms with van der Waals surface area (Å²) in [5, 5.41) is 10.5. The molecule has 0 unspecified atom stereocenters. The third kappa shape index (κ3) is 1.80. The van der Waals surface area contributed by atoms with Crippen LogP contribution >= 0.6 is 45.7 Å². The lowest BCUT2D eigenvalue weighted by atomic mass is 10.1. The smallest absolute Gasteiger partial charge is 0.0699 e. The maximum atomic E-state index is 9.35. The van der Waals surface area contributed by atoms with Crippen LogP contribution in [0.3, 0.4) is 0 Å². The molecule has 1 N–H and O–H groups in total. The Morgan fingerprint density at radius 3 is 2.93 bits per heavy atom. The molecule has 0 atom stereocenters. The minimum Gasteiger partial charge on any atom is -0.392 e. The molecular weight excluding hydrogens is 327 g/mol. The first kappa shape index (κ1) is 10.7. The summed E-state index contributed by atoms with van der Waals surface area (Å²) in [6.07, 6.45) is 2.04. The van der Waals surface area contributed by atoms with Gasteiger partial charge in [-0.05, 0) is 52.6 Å². The van der Waals surface area contributed by atoms with E-state index in [1.807, 2.05) is 6.26 Å². The maximum absolute atomic E-state index is 9.35. The van der Waals surface area contributed by atoms with Crippen LogP contribution in [0.2, 0.25) is 0 Å². The largest absolute Gasteiger partial charge is 0.392 e. The van der Waals surface area contributed by atoms with Gasteiger partial charge in [0.05, 0.1) is 9.49 Å². The molecule has 1 nitrogen and oxygen atoms in total. The number of aliphatic hydroxyl groups is 1. The van der Waals surface area contributed by atoms with Gasteiger partial charge in [0.25, 0.3) is 0 Å². The minimum absolute atomic E-state index is 0.125. The van der Waals surface area contributed by atoms with Gasteiger partial charge < -0.3 is 5.11 Å². The second-order valence-electron chi connectivity index (χ2n) is 2.87. The number of aliphatic hydroxyl groups excluding tert-OH is 1. The highest BCUT2D eigenvalue weighted by molar-refractivity contribution is 14.1. The zero-order valence-corrected chi connectivity index (χ0v) is 11.4. The van der Waals surface area contributed by atoms with Gasteiger partial charge in [-0.1, -0.05) is 0 Å². The molecular formula is C10H9IOS2. The minimum atomic E-state index is 0.125. The SMILES string of the molecule is CSc1ccc2sc(I)cc2c1CO. The van der Waals surface area contributed by atoms with Gasteiger partial charge in [-0.2, -0.15) is 0 Å². The Bertz CT molecular complexity index is 464. The Labute approximate surface area is 105 Å². The Hall–Kier alpha value is 0.220. The molecule has 1 aromatic heterocycles. The van der Waals surface area contributed by atoms with Crippen molar-refractivity contribution in [3.05, 3.63) is 26.6 Å². The summed E-state index contributed by atoms with van der Waals surface area (Å²) >= 11 is 5.77. The Morgan fingerprint density at radius 2 is 2.29 bits per heavy atom. The average molecular weight is 336 g/mol. The standard InChI is InChI=1S/C10H9IOS2/c1-13-8-2-3-9-6(7(8)5-12)4-10(11)14-9/h2-4,12H,5H2,1H3. The van der Waals surface area contributed by atoms with Crippen LogP contribution in [0.15, 0.2) is 23.1 Å². The molecule has 1 aromatic carbocycles. The van der Waals surface area contributed by atoms with Gasteiger partial charge in [-0.25, -0.2) is 0 Å². The molecule has 0 aliphatic heterocycles. The summed E-state index contributed by atoms with van der Waals surface area (Å²) in [6.45, 7) is 0.125. The lowest BCUT2D eigenvalue weighted by Crippen LogP contribution is -1.87. The van der Waals surface area contributed by atoms with Crippen LogP contribution in [-0.2, 0) is 6.61 Å². The van der Waals surface area contributed by atoms with Crippen molar-refractivity contribution in [2.24, 2.45) is 0 Å². The summed E-state index contributed by atoms with van der Waals surface area (Å²) in [7, 11) is 0. The third-order valence-electron chi connectivity index (χ3n) is 2.12. The van der Waals surface area contributed by atoms with Gasteiger partial charge in [0.15, 0.2) is 0 Å². The van der Waals surface area contributed by atoms with Crippen molar-refractivity contribution in [3.63, 3.8) is 0 Å². The van der Waals surface area contributed by atoms with Crippen molar-refractivity contribution in [1.29, 1.82) is 0 Å². The molecule has 0 spiro atoms. The molecule has 0 radical (unpaired) electrons. The topological polar surface area (TPSA) is 20.2 Å². The molecule has 0 amide bonds. The summed E-state index contributed by atoms with van der Waals surface area (Å²) < 4.78 is 2.53. The number of halogens is 1. The van der Waals surface area contributed by atoms with Crippen LogP contribution in [0, 0.1) is 2.88 Å². The highest BCUT2D eigenvalue weighted by atomic mass is 127. The van der Waals surface area contributed by atoms with Crippen molar-refractivity contribution in [3.8, 4) is 0 Å². The fourth-order valence-electron chi connectivity index (χ4n) is 1.47. The van der Waals surface area contributed by atoms with Gasteiger partial charge in [0.2, 0.25) is 0 Å². The first-order valence-corrected chi connectivity index (χ1v) is 7.24. The summed E-state index contributed by atoms with van der Waals surface area (Å²) in [5.41, 5.74) is 1.06. The van der Waals surface area contributed by atoms with Crippen molar-refractivity contribution >= 4 is 55.8 Å². The van der Waals surface area contributed by atoms with Crippen molar-refractivity contribution < 1.29 is 5.11 Å². The fraction of sp³-hybridized carbons (Fsp3) is 0.200. The summed E-state index contributed by atoms with van der Waals surface area (Å²) in [6, 6.07) is 6.37. The van der Waals surface area contributed by atoms with E-state index in [9.17, 15) is 5.11 Å². The van der Waals surface area contributed by atoms with E-state index < -0.39 is 0 Å². The summed E-state index contributed by atoms with van der Waals surface area (Å²) in [5.74, 6) is 0. The lowest BCUT2D eigenvalue weighted by molar-refractivity contribution is 0.280. The van der Waals surface area contributed by atoms with Gasteiger partial charge in [0.1, 0.15) is 0 Å². The van der Waals surface area contributed by atoms with E-state index in [0.717, 1.165) is 5.56 Å². The molecule has 14 heavy (non-hydrogen) atoms.